The normalized spacial score (nSPS) is 16.4. The van der Waals surface area contributed by atoms with Gasteiger partial charge in [0.15, 0.2) is 0 Å². The highest BCUT2D eigenvalue weighted by Crippen LogP contribution is 2.23. The monoisotopic (exact) mass is 423 g/mol. The van der Waals surface area contributed by atoms with Gasteiger partial charge in [0.05, 0.1) is 17.8 Å². The van der Waals surface area contributed by atoms with Crippen LogP contribution >= 0.6 is 0 Å². The van der Waals surface area contributed by atoms with Gasteiger partial charge in [0.1, 0.15) is 12.1 Å². The van der Waals surface area contributed by atoms with Crippen LogP contribution in [-0.4, -0.2) is 56.8 Å². The Labute approximate surface area is 181 Å². The van der Waals surface area contributed by atoms with Crippen LogP contribution in [-0.2, 0) is 0 Å². The molecule has 0 saturated carbocycles. The standard InChI is InChI=1S/C23H29N5O3/c1-3-22(17(2)29)28-23(31)27(16-24-28)20-6-4-18(5-7-20)25-12-14-26(15-13-25)19-8-10-21(30)11-9-19/h4-11,16-17,22,29-30H,3,12-15H2,1-2H3. The van der Waals surface area contributed by atoms with Gasteiger partial charge in [-0.2, -0.15) is 5.10 Å². The maximum absolute atomic E-state index is 12.8. The molecule has 1 aromatic heterocycles. The first-order valence-electron chi connectivity index (χ1n) is 10.7. The quantitative estimate of drug-likeness (QED) is 0.633. The summed E-state index contributed by atoms with van der Waals surface area (Å²) in [4.78, 5) is 17.4. The Morgan fingerprint density at radius 3 is 1.87 bits per heavy atom. The Kier molecular flexibility index (Phi) is 5.99. The lowest BCUT2D eigenvalue weighted by molar-refractivity contribution is 0.118. The second kappa shape index (κ2) is 8.85. The van der Waals surface area contributed by atoms with E-state index in [1.165, 1.54) is 15.6 Å². The molecule has 2 heterocycles. The van der Waals surface area contributed by atoms with Crippen LogP contribution in [0.3, 0.4) is 0 Å². The number of aliphatic hydroxyl groups is 1. The molecule has 0 amide bonds. The van der Waals surface area contributed by atoms with Gasteiger partial charge in [-0.05, 0) is 61.9 Å². The van der Waals surface area contributed by atoms with Crippen molar-refractivity contribution in [3.05, 3.63) is 65.3 Å². The molecule has 8 nitrogen and oxygen atoms in total. The highest BCUT2D eigenvalue weighted by atomic mass is 16.3. The zero-order chi connectivity index (χ0) is 22.0. The molecule has 1 aliphatic rings. The van der Waals surface area contributed by atoms with Crippen LogP contribution in [0.4, 0.5) is 11.4 Å². The van der Waals surface area contributed by atoms with Crippen molar-refractivity contribution >= 4 is 11.4 Å². The third-order valence-electron chi connectivity index (χ3n) is 5.97. The second-order valence-corrected chi connectivity index (χ2v) is 7.95. The van der Waals surface area contributed by atoms with Crippen LogP contribution in [0, 0.1) is 0 Å². The maximum atomic E-state index is 12.8. The van der Waals surface area contributed by atoms with Gasteiger partial charge in [-0.3, -0.25) is 0 Å². The van der Waals surface area contributed by atoms with Crippen molar-refractivity contribution in [2.45, 2.75) is 32.4 Å². The van der Waals surface area contributed by atoms with E-state index >= 15 is 0 Å². The lowest BCUT2D eigenvalue weighted by Crippen LogP contribution is -2.46. The summed E-state index contributed by atoms with van der Waals surface area (Å²) in [5, 5.41) is 23.6. The highest BCUT2D eigenvalue weighted by Gasteiger charge is 2.21. The van der Waals surface area contributed by atoms with E-state index in [1.807, 2.05) is 43.3 Å². The van der Waals surface area contributed by atoms with Crippen molar-refractivity contribution in [2.75, 3.05) is 36.0 Å². The van der Waals surface area contributed by atoms with Crippen LogP contribution in [0.1, 0.15) is 26.3 Å². The summed E-state index contributed by atoms with van der Waals surface area (Å²) in [6.07, 6.45) is 1.50. The van der Waals surface area contributed by atoms with Crippen molar-refractivity contribution in [3.8, 4) is 11.4 Å². The van der Waals surface area contributed by atoms with E-state index in [1.54, 1.807) is 19.1 Å². The van der Waals surface area contributed by atoms with Crippen molar-refractivity contribution in [1.29, 1.82) is 0 Å². The molecule has 3 aromatic rings. The van der Waals surface area contributed by atoms with Gasteiger partial charge in [-0.15, -0.1) is 0 Å². The van der Waals surface area contributed by atoms with E-state index < -0.39 is 6.10 Å². The van der Waals surface area contributed by atoms with Crippen molar-refractivity contribution < 1.29 is 10.2 Å². The number of benzene rings is 2. The smallest absolute Gasteiger partial charge is 0.350 e. The molecular formula is C23H29N5O3. The molecule has 2 aromatic carbocycles. The summed E-state index contributed by atoms with van der Waals surface area (Å²) in [6, 6.07) is 14.9. The number of rotatable bonds is 6. The van der Waals surface area contributed by atoms with E-state index in [-0.39, 0.29) is 17.5 Å². The van der Waals surface area contributed by atoms with Crippen LogP contribution in [0.5, 0.6) is 5.75 Å². The summed E-state index contributed by atoms with van der Waals surface area (Å²) >= 11 is 0. The SMILES string of the molecule is CCC(C(C)O)n1ncn(-c2ccc(N3CCN(c4ccc(O)cc4)CC3)cc2)c1=O. The molecule has 1 saturated heterocycles. The van der Waals surface area contributed by atoms with Gasteiger partial charge < -0.3 is 20.0 Å². The van der Waals surface area contributed by atoms with Gasteiger partial charge in [0.25, 0.3) is 0 Å². The molecular weight excluding hydrogens is 394 g/mol. The number of aliphatic hydroxyl groups excluding tert-OH is 1. The molecule has 8 heteroatoms. The molecule has 31 heavy (non-hydrogen) atoms. The molecule has 0 aliphatic carbocycles. The minimum absolute atomic E-state index is 0.247. The van der Waals surface area contributed by atoms with Crippen LogP contribution in [0.15, 0.2) is 59.7 Å². The lowest BCUT2D eigenvalue weighted by Gasteiger charge is -2.37. The Morgan fingerprint density at radius 2 is 1.39 bits per heavy atom. The predicted molar refractivity (Wildman–Crippen MR) is 121 cm³/mol. The zero-order valence-corrected chi connectivity index (χ0v) is 17.9. The van der Waals surface area contributed by atoms with Gasteiger partial charge in [0, 0.05) is 37.6 Å². The molecule has 0 bridgehead atoms. The number of hydrogen-bond donors (Lipinski definition) is 2. The summed E-state index contributed by atoms with van der Waals surface area (Å²) in [6.45, 7) is 7.19. The third kappa shape index (κ3) is 4.29. The fraction of sp³-hybridized carbons (Fsp3) is 0.391. The average Bonchev–Trinajstić information content (AvgIpc) is 3.16. The first-order chi connectivity index (χ1) is 15.0. The molecule has 2 atom stereocenters. The fourth-order valence-electron chi connectivity index (χ4n) is 4.15. The van der Waals surface area contributed by atoms with Gasteiger partial charge in [-0.1, -0.05) is 6.92 Å². The summed E-state index contributed by atoms with van der Waals surface area (Å²) in [5.74, 6) is 0.281. The van der Waals surface area contributed by atoms with Crippen molar-refractivity contribution in [2.24, 2.45) is 0 Å². The molecule has 164 valence electrons. The average molecular weight is 424 g/mol. The van der Waals surface area contributed by atoms with E-state index in [9.17, 15) is 15.0 Å². The summed E-state index contributed by atoms with van der Waals surface area (Å²) in [5.41, 5.74) is 2.74. The molecule has 1 fully saturated rings. The number of aromatic nitrogens is 3. The first kappa shape index (κ1) is 21.0. The number of piperazine rings is 1. The minimum Gasteiger partial charge on any atom is -0.508 e. The van der Waals surface area contributed by atoms with Gasteiger partial charge >= 0.3 is 5.69 Å². The topological polar surface area (TPSA) is 86.8 Å². The first-order valence-corrected chi connectivity index (χ1v) is 10.7. The van der Waals surface area contributed by atoms with Gasteiger partial charge in [0.2, 0.25) is 0 Å². The van der Waals surface area contributed by atoms with E-state index in [0.717, 1.165) is 43.2 Å². The molecule has 2 unspecified atom stereocenters. The fourth-order valence-corrected chi connectivity index (χ4v) is 4.15. The van der Waals surface area contributed by atoms with E-state index in [2.05, 4.69) is 14.9 Å². The van der Waals surface area contributed by atoms with Crippen molar-refractivity contribution in [1.82, 2.24) is 14.3 Å². The largest absolute Gasteiger partial charge is 0.508 e. The Balaban J connectivity index is 1.44. The van der Waals surface area contributed by atoms with E-state index in [4.69, 9.17) is 0 Å². The Bertz CT molecular complexity index is 1050. The highest BCUT2D eigenvalue weighted by molar-refractivity contribution is 5.54. The van der Waals surface area contributed by atoms with Crippen LogP contribution < -0.4 is 15.5 Å². The lowest BCUT2D eigenvalue weighted by atomic mass is 10.1. The number of anilines is 2. The number of aromatic hydroxyl groups is 1. The molecule has 1 aliphatic heterocycles. The Hall–Kier alpha value is -3.26. The molecule has 0 spiro atoms. The third-order valence-corrected chi connectivity index (χ3v) is 5.97. The molecule has 0 radical (unpaired) electrons. The second-order valence-electron chi connectivity index (χ2n) is 7.95. The minimum atomic E-state index is -0.645. The molecule has 2 N–H and O–H groups in total. The van der Waals surface area contributed by atoms with Crippen molar-refractivity contribution in [3.63, 3.8) is 0 Å². The molecule has 4 rings (SSSR count). The van der Waals surface area contributed by atoms with Gasteiger partial charge in [-0.25, -0.2) is 14.0 Å². The number of nitrogens with zero attached hydrogens (tertiary/aromatic N) is 5. The maximum Gasteiger partial charge on any atom is 0.350 e. The van der Waals surface area contributed by atoms with Crippen LogP contribution in [0.2, 0.25) is 0 Å². The Morgan fingerprint density at radius 1 is 0.903 bits per heavy atom. The number of hydrogen-bond acceptors (Lipinski definition) is 6. The number of phenols is 1. The number of phenolic OH excluding ortho intramolecular Hbond substituents is 1. The van der Waals surface area contributed by atoms with E-state index in [0.29, 0.717) is 6.42 Å². The predicted octanol–water partition coefficient (Wildman–Crippen LogP) is 2.40. The zero-order valence-electron chi connectivity index (χ0n) is 17.9. The van der Waals surface area contributed by atoms with Crippen LogP contribution in [0.25, 0.3) is 5.69 Å². The summed E-state index contributed by atoms with van der Waals surface area (Å²) < 4.78 is 2.87. The summed E-state index contributed by atoms with van der Waals surface area (Å²) in [7, 11) is 0.